The number of rotatable bonds is 0. The zero-order valence-electron chi connectivity index (χ0n) is 25.6. The molecular weight excluding hydrogens is 504 g/mol. The van der Waals surface area contributed by atoms with Crippen molar-refractivity contribution >= 4 is 0 Å². The molecule has 0 amide bonds. The van der Waals surface area contributed by atoms with E-state index in [1.165, 1.54) is 116 Å². The molecular formula is C42H47. The maximum atomic E-state index is 3.94. The van der Waals surface area contributed by atoms with Gasteiger partial charge in [-0.1, -0.05) is 35.5 Å². The summed E-state index contributed by atoms with van der Waals surface area (Å²) >= 11 is 0. The van der Waals surface area contributed by atoms with Crippen LogP contribution < -0.4 is 0 Å². The molecule has 0 saturated heterocycles. The van der Waals surface area contributed by atoms with Crippen molar-refractivity contribution in [3.63, 3.8) is 0 Å². The van der Waals surface area contributed by atoms with Crippen molar-refractivity contribution in [3.8, 4) is 35.5 Å². The first kappa shape index (κ1) is 25.2. The standard InChI is InChI=1S/C42H47/c1(4-40-19-31-10-32(20-40)12-33(11-31)21-40)28-7-29(2-5-41-22-34-13-35(23-41)15-36(14-34)24-41)9-30(8-28)3-6-42-25-37-16-38(26-42)18-39(17-37)27-42/h7-8,31-39H,10-27H2. The van der Waals surface area contributed by atoms with Gasteiger partial charge in [0.15, 0.2) is 0 Å². The van der Waals surface area contributed by atoms with Gasteiger partial charge in [-0.25, -0.2) is 0 Å². The van der Waals surface area contributed by atoms with Gasteiger partial charge >= 0.3 is 0 Å². The molecule has 12 saturated carbocycles. The minimum Gasteiger partial charge on any atom is -0.0911 e. The third-order valence-electron chi connectivity index (χ3n) is 14.4. The lowest BCUT2D eigenvalue weighted by atomic mass is 9.50. The predicted molar refractivity (Wildman–Crippen MR) is 168 cm³/mol. The molecule has 13 rings (SSSR count). The maximum Gasteiger partial charge on any atom is 0.0349 e. The Labute approximate surface area is 255 Å². The van der Waals surface area contributed by atoms with E-state index in [0.717, 1.165) is 70.0 Å². The topological polar surface area (TPSA) is 0 Å². The molecule has 12 aliphatic carbocycles. The van der Waals surface area contributed by atoms with Gasteiger partial charge in [-0.15, -0.1) is 0 Å². The predicted octanol–water partition coefficient (Wildman–Crippen LogP) is 9.19. The molecule has 0 heteroatoms. The maximum absolute atomic E-state index is 3.94. The zero-order valence-corrected chi connectivity index (χ0v) is 25.6. The molecule has 0 atom stereocenters. The molecule has 0 unspecified atom stereocenters. The van der Waals surface area contributed by atoms with Crippen LogP contribution in [-0.4, -0.2) is 0 Å². The number of hydrogen-bond donors (Lipinski definition) is 0. The second-order valence-corrected chi connectivity index (χ2v) is 18.0. The van der Waals surface area contributed by atoms with Crippen LogP contribution in [-0.2, 0) is 0 Å². The van der Waals surface area contributed by atoms with Gasteiger partial charge in [0.2, 0.25) is 0 Å². The van der Waals surface area contributed by atoms with Crippen LogP contribution in [0.2, 0.25) is 0 Å². The average molecular weight is 552 g/mol. The second kappa shape index (κ2) is 8.98. The largest absolute Gasteiger partial charge is 0.0911 e. The Bertz CT molecular complexity index is 1200. The Morgan fingerprint density at radius 1 is 0.405 bits per heavy atom. The lowest BCUT2D eigenvalue weighted by Gasteiger charge is -2.54. The highest BCUT2D eigenvalue weighted by molar-refractivity contribution is 5.51. The molecule has 215 valence electrons. The normalized spacial score (nSPS) is 49.6. The molecule has 0 aliphatic heterocycles. The summed E-state index contributed by atoms with van der Waals surface area (Å²) in [6.45, 7) is 0. The molecule has 1 radical (unpaired) electrons. The lowest BCUT2D eigenvalue weighted by Crippen LogP contribution is -2.45. The quantitative estimate of drug-likeness (QED) is 0.282. The van der Waals surface area contributed by atoms with Gasteiger partial charge in [-0.3, -0.25) is 0 Å². The van der Waals surface area contributed by atoms with Crippen molar-refractivity contribution in [2.24, 2.45) is 69.5 Å². The Kier molecular flexibility index (Phi) is 5.40. The number of benzene rings is 1. The fourth-order valence-corrected chi connectivity index (χ4v) is 14.2. The van der Waals surface area contributed by atoms with Gasteiger partial charge in [-0.05, 0) is 181 Å². The highest BCUT2D eigenvalue weighted by Gasteiger charge is 2.52. The molecule has 0 heterocycles. The summed E-state index contributed by atoms with van der Waals surface area (Å²) in [5.74, 6) is 31.5. The average Bonchev–Trinajstić information content (AvgIpc) is 2.92. The van der Waals surface area contributed by atoms with Crippen LogP contribution in [0.1, 0.15) is 132 Å². The van der Waals surface area contributed by atoms with Crippen molar-refractivity contribution in [2.75, 3.05) is 0 Å². The molecule has 1 aromatic carbocycles. The van der Waals surface area contributed by atoms with E-state index in [-0.39, 0.29) is 16.2 Å². The summed E-state index contributed by atoms with van der Waals surface area (Å²) < 4.78 is 0. The first-order valence-corrected chi connectivity index (χ1v) is 18.1. The van der Waals surface area contributed by atoms with E-state index in [9.17, 15) is 0 Å². The first-order valence-electron chi connectivity index (χ1n) is 18.1. The zero-order chi connectivity index (χ0) is 27.5. The Balaban J connectivity index is 1.000. The summed E-state index contributed by atoms with van der Waals surface area (Å²) in [6.07, 6.45) is 25.4. The van der Waals surface area contributed by atoms with Crippen LogP contribution in [0, 0.1) is 111 Å². The molecule has 0 nitrogen and oxygen atoms in total. The van der Waals surface area contributed by atoms with E-state index in [0.29, 0.717) is 0 Å². The molecule has 0 spiro atoms. The smallest absolute Gasteiger partial charge is 0.0349 e. The van der Waals surface area contributed by atoms with Crippen LogP contribution in [0.4, 0.5) is 0 Å². The summed E-state index contributed by atoms with van der Waals surface area (Å²) in [5.41, 5.74) is 4.08. The van der Waals surface area contributed by atoms with Crippen molar-refractivity contribution in [2.45, 2.75) is 116 Å². The Morgan fingerprint density at radius 3 is 0.952 bits per heavy atom. The van der Waals surface area contributed by atoms with Crippen molar-refractivity contribution in [1.29, 1.82) is 0 Å². The molecule has 1 aromatic rings. The third-order valence-corrected chi connectivity index (χ3v) is 14.4. The van der Waals surface area contributed by atoms with Gasteiger partial charge in [0.25, 0.3) is 0 Å². The second-order valence-electron chi connectivity index (χ2n) is 18.0. The van der Waals surface area contributed by atoms with E-state index in [1.54, 1.807) is 0 Å². The molecule has 12 bridgehead atoms. The first-order chi connectivity index (χ1) is 20.4. The van der Waals surface area contributed by atoms with Crippen molar-refractivity contribution < 1.29 is 0 Å². The minimum atomic E-state index is 0.272. The molecule has 12 aliphatic rings. The van der Waals surface area contributed by atoms with E-state index in [2.05, 4.69) is 53.7 Å². The van der Waals surface area contributed by atoms with Gasteiger partial charge in [-0.2, -0.15) is 0 Å². The fraction of sp³-hybridized carbons (Fsp3) is 0.714. The SMILES string of the molecule is C(#CC12CC3CC(CC(C3)C1)C2)c1[c]c(C#CC23CC4CC(CC(C4)C2)C3)cc(C#CC23CC4CC(CC(C4)C2)C3)c1. The van der Waals surface area contributed by atoms with Crippen molar-refractivity contribution in [1.82, 2.24) is 0 Å². The van der Waals surface area contributed by atoms with E-state index in [1.807, 2.05) is 0 Å². The highest BCUT2D eigenvalue weighted by Crippen LogP contribution is 2.62. The van der Waals surface area contributed by atoms with Crippen LogP contribution in [0.3, 0.4) is 0 Å². The van der Waals surface area contributed by atoms with E-state index < -0.39 is 0 Å². The van der Waals surface area contributed by atoms with Crippen LogP contribution in [0.25, 0.3) is 0 Å². The van der Waals surface area contributed by atoms with Crippen LogP contribution in [0.15, 0.2) is 12.1 Å². The summed E-state index contributed by atoms with van der Waals surface area (Å²) in [6, 6.07) is 8.28. The summed E-state index contributed by atoms with van der Waals surface area (Å²) in [7, 11) is 0. The summed E-state index contributed by atoms with van der Waals surface area (Å²) in [4.78, 5) is 0. The monoisotopic (exact) mass is 551 g/mol. The van der Waals surface area contributed by atoms with Gasteiger partial charge in [0.1, 0.15) is 0 Å². The molecule has 42 heavy (non-hydrogen) atoms. The van der Waals surface area contributed by atoms with Crippen molar-refractivity contribution in [3.05, 3.63) is 34.9 Å². The van der Waals surface area contributed by atoms with Gasteiger partial charge < -0.3 is 0 Å². The fourth-order valence-electron chi connectivity index (χ4n) is 14.2. The van der Waals surface area contributed by atoms with Gasteiger partial charge in [0.05, 0.1) is 0 Å². The molecule has 0 aromatic heterocycles. The molecule has 12 fully saturated rings. The lowest BCUT2D eigenvalue weighted by molar-refractivity contribution is -0.0182. The minimum absolute atomic E-state index is 0.272. The van der Waals surface area contributed by atoms with E-state index in [4.69, 9.17) is 0 Å². The van der Waals surface area contributed by atoms with Crippen LogP contribution >= 0.6 is 0 Å². The van der Waals surface area contributed by atoms with Gasteiger partial charge in [0, 0.05) is 39.0 Å². The van der Waals surface area contributed by atoms with E-state index >= 15 is 0 Å². The Morgan fingerprint density at radius 2 is 0.667 bits per heavy atom. The highest BCUT2D eigenvalue weighted by atomic mass is 14.6. The Hall–Kier alpha value is -2.10. The van der Waals surface area contributed by atoms with Crippen LogP contribution in [0.5, 0.6) is 0 Å². The summed E-state index contributed by atoms with van der Waals surface area (Å²) in [5, 5.41) is 0. The number of hydrogen-bond acceptors (Lipinski definition) is 0. The third kappa shape index (κ3) is 4.35. The molecule has 0 N–H and O–H groups in total.